The quantitative estimate of drug-likeness (QED) is 0.509. The lowest BCUT2D eigenvalue weighted by Crippen LogP contribution is -2.68. The molecule has 37 heavy (non-hydrogen) atoms. The molecule has 192 valence electrons. The molecule has 10 nitrogen and oxygen atoms in total. The van der Waals surface area contributed by atoms with Gasteiger partial charge in [-0.2, -0.15) is 0 Å². The zero-order chi connectivity index (χ0) is 25.9. The molecule has 2 bridgehead atoms. The van der Waals surface area contributed by atoms with E-state index in [1.165, 1.54) is 6.07 Å². The number of rotatable bonds is 6. The van der Waals surface area contributed by atoms with Crippen LogP contribution in [-0.4, -0.2) is 57.3 Å². The average molecular weight is 521 g/mol. The normalized spacial score (nSPS) is 25.0. The number of carbonyl (C=O) groups is 2. The van der Waals surface area contributed by atoms with Crippen LogP contribution >= 0.6 is 0 Å². The lowest BCUT2D eigenvalue weighted by molar-refractivity contribution is -0.0439. The second-order valence-corrected chi connectivity index (χ2v) is 13.3. The van der Waals surface area contributed by atoms with Crippen molar-refractivity contribution in [1.82, 2.24) is 24.6 Å². The second-order valence-electron chi connectivity index (χ2n) is 11.4. The molecule has 3 heterocycles. The summed E-state index contributed by atoms with van der Waals surface area (Å²) >= 11 is 0. The molecule has 0 spiro atoms. The summed E-state index contributed by atoms with van der Waals surface area (Å²) in [7, 11) is -3.70. The highest BCUT2D eigenvalue weighted by molar-refractivity contribution is 7.90. The van der Waals surface area contributed by atoms with Crippen LogP contribution in [0.3, 0.4) is 0 Å². The number of nitrogens with one attached hydrogen (secondary N) is 1. The standard InChI is InChI=1S/C26H28N6O4S/c1-13(15-3-4-15)31-11-17-5-16(6-20(37(2,35)36)21(17)25(31)34)19-10-28-23-22(27)29-18(12-32(19)23)24(33)30-26-7-14(8-26)9-26/h5-6,10,12-15H,3-4,7-9,11H2,1-2H3,(H2,27,29)(H,30,33). The van der Waals surface area contributed by atoms with Crippen molar-refractivity contribution < 1.29 is 18.0 Å². The van der Waals surface area contributed by atoms with E-state index in [4.69, 9.17) is 5.73 Å². The summed E-state index contributed by atoms with van der Waals surface area (Å²) in [6.07, 6.45) is 9.49. The van der Waals surface area contributed by atoms with Crippen molar-refractivity contribution in [2.45, 2.75) is 62.0 Å². The minimum atomic E-state index is -3.70. The Hall–Kier alpha value is -3.47. The van der Waals surface area contributed by atoms with Gasteiger partial charge >= 0.3 is 0 Å². The predicted octanol–water partition coefficient (Wildman–Crippen LogP) is 2.42. The highest BCUT2D eigenvalue weighted by Crippen LogP contribution is 2.57. The van der Waals surface area contributed by atoms with Crippen LogP contribution in [0.25, 0.3) is 16.9 Å². The van der Waals surface area contributed by atoms with E-state index in [2.05, 4.69) is 15.3 Å². The number of nitrogen functional groups attached to an aromatic ring is 1. The molecule has 2 aromatic heterocycles. The van der Waals surface area contributed by atoms with Gasteiger partial charge in [0.2, 0.25) is 0 Å². The van der Waals surface area contributed by atoms with Crippen LogP contribution in [0.4, 0.5) is 5.82 Å². The Morgan fingerprint density at radius 3 is 2.59 bits per heavy atom. The largest absolute Gasteiger partial charge is 0.381 e. The van der Waals surface area contributed by atoms with Crippen LogP contribution in [0.5, 0.6) is 0 Å². The zero-order valence-electron chi connectivity index (χ0n) is 20.7. The number of carbonyl (C=O) groups excluding carboxylic acids is 2. The number of hydrogen-bond acceptors (Lipinski definition) is 7. The lowest BCUT2D eigenvalue weighted by Gasteiger charge is -2.61. The van der Waals surface area contributed by atoms with Crippen molar-refractivity contribution in [3.63, 3.8) is 0 Å². The molecular formula is C26H28N6O4S. The SMILES string of the molecule is CC(C1CC1)N1Cc2cc(-c3cnc4c(N)nc(C(=O)NC56CC(C5)C6)cn34)cc(S(C)(=O)=O)c2C1=O. The molecular weight excluding hydrogens is 492 g/mol. The number of sulfone groups is 1. The number of amides is 2. The van der Waals surface area contributed by atoms with Crippen molar-refractivity contribution >= 4 is 33.1 Å². The van der Waals surface area contributed by atoms with Gasteiger partial charge in [-0.3, -0.25) is 14.0 Å². The molecule has 5 aliphatic rings. The van der Waals surface area contributed by atoms with E-state index in [-0.39, 0.29) is 45.4 Å². The Balaban J connectivity index is 1.32. The molecule has 1 unspecified atom stereocenters. The van der Waals surface area contributed by atoms with Crippen molar-refractivity contribution in [2.24, 2.45) is 11.8 Å². The first-order valence-electron chi connectivity index (χ1n) is 12.7. The van der Waals surface area contributed by atoms with Crippen LogP contribution in [0, 0.1) is 11.8 Å². The zero-order valence-corrected chi connectivity index (χ0v) is 21.5. The number of imidazole rings is 1. The van der Waals surface area contributed by atoms with Gasteiger partial charge < -0.3 is 16.0 Å². The molecule has 4 fully saturated rings. The summed E-state index contributed by atoms with van der Waals surface area (Å²) < 4.78 is 27.4. The first-order valence-corrected chi connectivity index (χ1v) is 14.6. The van der Waals surface area contributed by atoms with Crippen LogP contribution < -0.4 is 11.1 Å². The molecule has 3 N–H and O–H groups in total. The average Bonchev–Trinajstić information content (AvgIpc) is 3.47. The number of benzene rings is 1. The number of aromatic nitrogens is 3. The van der Waals surface area contributed by atoms with Crippen molar-refractivity contribution in [2.75, 3.05) is 12.0 Å². The van der Waals surface area contributed by atoms with E-state index in [1.54, 1.807) is 21.7 Å². The molecule has 1 aromatic carbocycles. The van der Waals surface area contributed by atoms with Gasteiger partial charge in [-0.15, -0.1) is 0 Å². The third-order valence-corrected chi connectivity index (χ3v) is 9.78. The van der Waals surface area contributed by atoms with Crippen LogP contribution in [0.15, 0.2) is 29.4 Å². The predicted molar refractivity (Wildman–Crippen MR) is 136 cm³/mol. The molecule has 3 aromatic rings. The van der Waals surface area contributed by atoms with E-state index in [0.717, 1.165) is 44.3 Å². The summed E-state index contributed by atoms with van der Waals surface area (Å²) in [6, 6.07) is 3.43. The van der Waals surface area contributed by atoms with Crippen molar-refractivity contribution in [3.8, 4) is 11.3 Å². The van der Waals surface area contributed by atoms with Crippen LogP contribution in [0.2, 0.25) is 0 Å². The minimum absolute atomic E-state index is 0.00839. The molecule has 11 heteroatoms. The van der Waals surface area contributed by atoms with Crippen LogP contribution in [0.1, 0.15) is 65.4 Å². The number of nitrogens with zero attached hydrogens (tertiary/aromatic N) is 4. The van der Waals surface area contributed by atoms with Crippen molar-refractivity contribution in [1.29, 1.82) is 0 Å². The van der Waals surface area contributed by atoms with Gasteiger partial charge in [0.1, 0.15) is 5.69 Å². The highest BCUT2D eigenvalue weighted by Gasteiger charge is 2.57. The highest BCUT2D eigenvalue weighted by atomic mass is 32.2. The maximum atomic E-state index is 13.3. The van der Waals surface area contributed by atoms with E-state index in [9.17, 15) is 18.0 Å². The number of nitrogens with two attached hydrogens (primary N) is 1. The van der Waals surface area contributed by atoms with Gasteiger partial charge in [0.15, 0.2) is 21.3 Å². The summed E-state index contributed by atoms with van der Waals surface area (Å²) in [5, 5.41) is 3.10. The fourth-order valence-electron chi connectivity index (χ4n) is 6.31. The Morgan fingerprint density at radius 2 is 1.97 bits per heavy atom. The van der Waals surface area contributed by atoms with E-state index < -0.39 is 9.84 Å². The van der Waals surface area contributed by atoms with Gasteiger partial charge in [0, 0.05) is 36.1 Å². The molecule has 1 atom stereocenters. The summed E-state index contributed by atoms with van der Waals surface area (Å²) in [4.78, 5) is 36.8. The molecule has 8 rings (SSSR count). The van der Waals surface area contributed by atoms with Gasteiger partial charge in [-0.25, -0.2) is 18.4 Å². The van der Waals surface area contributed by atoms with E-state index in [0.29, 0.717) is 34.9 Å². The Bertz CT molecular complexity index is 1620. The van der Waals surface area contributed by atoms with Crippen molar-refractivity contribution in [3.05, 3.63) is 41.3 Å². The Labute approximate surface area is 214 Å². The molecule has 4 saturated carbocycles. The molecule has 0 radical (unpaired) electrons. The van der Waals surface area contributed by atoms with E-state index in [1.807, 2.05) is 13.0 Å². The second kappa shape index (κ2) is 7.31. The molecule has 2 amide bonds. The summed E-state index contributed by atoms with van der Waals surface area (Å²) in [5.41, 5.74) is 8.70. The van der Waals surface area contributed by atoms with Gasteiger partial charge in [-0.1, -0.05) is 0 Å². The Kier molecular flexibility index (Phi) is 4.48. The maximum Gasteiger partial charge on any atom is 0.271 e. The first kappa shape index (κ1) is 22.7. The smallest absolute Gasteiger partial charge is 0.271 e. The van der Waals surface area contributed by atoms with Crippen LogP contribution in [-0.2, 0) is 16.4 Å². The third kappa shape index (κ3) is 3.39. The molecule has 1 aliphatic heterocycles. The Morgan fingerprint density at radius 1 is 1.24 bits per heavy atom. The summed E-state index contributed by atoms with van der Waals surface area (Å²) in [5.74, 6) is 0.775. The number of hydrogen-bond donors (Lipinski definition) is 2. The third-order valence-electron chi connectivity index (χ3n) is 8.66. The molecule has 0 saturated heterocycles. The topological polar surface area (TPSA) is 140 Å². The fraction of sp³-hybridized carbons (Fsp3) is 0.462. The number of fused-ring (bicyclic) bond motifs is 2. The van der Waals surface area contributed by atoms with E-state index >= 15 is 0 Å². The summed E-state index contributed by atoms with van der Waals surface area (Å²) in [6.45, 7) is 2.39. The lowest BCUT2D eigenvalue weighted by atomic mass is 9.50. The monoisotopic (exact) mass is 520 g/mol. The maximum absolute atomic E-state index is 13.3. The molecule has 4 aliphatic carbocycles. The van der Waals surface area contributed by atoms with Gasteiger partial charge in [-0.05, 0) is 68.6 Å². The number of anilines is 1. The van der Waals surface area contributed by atoms with Gasteiger partial charge in [0.25, 0.3) is 11.8 Å². The van der Waals surface area contributed by atoms with Gasteiger partial charge in [0.05, 0.1) is 22.3 Å². The fourth-order valence-corrected chi connectivity index (χ4v) is 7.24. The minimum Gasteiger partial charge on any atom is -0.381 e. The first-order chi connectivity index (χ1) is 17.5.